The molecule has 0 radical (unpaired) electrons. The molecule has 1 atom stereocenters. The zero-order valence-corrected chi connectivity index (χ0v) is 19.5. The number of halogens is 3. The summed E-state index contributed by atoms with van der Waals surface area (Å²) in [5.41, 5.74) is 2.09. The van der Waals surface area contributed by atoms with Crippen LogP contribution in [0.4, 0.5) is 13.2 Å². The third kappa shape index (κ3) is 4.65. The summed E-state index contributed by atoms with van der Waals surface area (Å²) in [7, 11) is -4.47. The van der Waals surface area contributed by atoms with Crippen LogP contribution in [0.5, 0.6) is 5.75 Å². The van der Waals surface area contributed by atoms with Gasteiger partial charge in [-0.05, 0) is 43.7 Å². The second-order valence-electron chi connectivity index (χ2n) is 7.78. The van der Waals surface area contributed by atoms with Crippen molar-refractivity contribution in [3.05, 3.63) is 54.4 Å². The standard InChI is InChI=1S/C23H20F3N5O3S/c1-3-9-34-16-10-18-19(11-27)21(31(15-5-4-6-15)22(18)29-12-16)20-8-7-17(13-28-20)35(32,33)30-14(2)23(24,25)26/h4-8,10,12-14,30H,3,9H2,1-2H3/t14-/m0/s1. The summed E-state index contributed by atoms with van der Waals surface area (Å²) in [6.45, 7) is 3.16. The molecule has 12 heteroatoms. The fraction of sp³-hybridized carbons (Fsp3) is 0.261. The molecule has 35 heavy (non-hydrogen) atoms. The summed E-state index contributed by atoms with van der Waals surface area (Å²) in [6, 6.07) is 4.09. The number of nitriles is 1. The SMILES string of the molecule is CCCOc1cnc2c(c1)c(C#N)c(-c1ccc(S(=O)(=O)N[C@@H](C)C(F)(F)F)cn1)n2C1=CC=C1. The van der Waals surface area contributed by atoms with Crippen molar-refractivity contribution in [1.29, 1.82) is 5.26 Å². The summed E-state index contributed by atoms with van der Waals surface area (Å²) in [5.74, 6) is 0.497. The molecular formula is C23H20F3N5O3S. The number of ether oxygens (including phenoxy) is 1. The van der Waals surface area contributed by atoms with Gasteiger partial charge in [0.15, 0.2) is 0 Å². The highest BCUT2D eigenvalue weighted by Gasteiger charge is 2.39. The Labute approximate surface area is 199 Å². The first-order chi connectivity index (χ1) is 16.6. The maximum absolute atomic E-state index is 12.8. The maximum Gasteiger partial charge on any atom is 0.404 e. The van der Waals surface area contributed by atoms with Gasteiger partial charge in [0.1, 0.15) is 28.4 Å². The molecule has 0 unspecified atom stereocenters. The van der Waals surface area contributed by atoms with Crippen LogP contribution in [0.15, 0.2) is 53.7 Å². The van der Waals surface area contributed by atoms with Crippen LogP contribution in [0, 0.1) is 11.3 Å². The molecule has 4 rings (SSSR count). The average Bonchev–Trinajstić information content (AvgIpc) is 3.09. The Morgan fingerprint density at radius 3 is 2.54 bits per heavy atom. The van der Waals surface area contributed by atoms with Gasteiger partial charge in [0.2, 0.25) is 10.0 Å². The minimum atomic E-state index is -4.74. The molecule has 0 bridgehead atoms. The van der Waals surface area contributed by atoms with E-state index in [0.29, 0.717) is 36.0 Å². The van der Waals surface area contributed by atoms with Gasteiger partial charge in [-0.1, -0.05) is 13.0 Å². The minimum absolute atomic E-state index is 0.250. The molecule has 0 spiro atoms. The van der Waals surface area contributed by atoms with Gasteiger partial charge in [-0.25, -0.2) is 13.4 Å². The van der Waals surface area contributed by atoms with Gasteiger partial charge >= 0.3 is 6.18 Å². The number of rotatable bonds is 8. The van der Waals surface area contributed by atoms with Crippen molar-refractivity contribution < 1.29 is 26.3 Å². The van der Waals surface area contributed by atoms with E-state index in [9.17, 15) is 26.9 Å². The lowest BCUT2D eigenvalue weighted by atomic mass is 10.1. The van der Waals surface area contributed by atoms with Crippen LogP contribution in [-0.2, 0) is 10.0 Å². The second-order valence-corrected chi connectivity index (χ2v) is 9.49. The van der Waals surface area contributed by atoms with Crippen molar-refractivity contribution in [3.8, 4) is 23.2 Å². The number of pyridine rings is 2. The number of nitrogens with zero attached hydrogens (tertiary/aromatic N) is 4. The molecule has 3 aromatic heterocycles. The van der Waals surface area contributed by atoms with Crippen LogP contribution >= 0.6 is 0 Å². The molecular weight excluding hydrogens is 483 g/mol. The van der Waals surface area contributed by atoms with E-state index in [2.05, 4.69) is 16.0 Å². The zero-order valence-electron chi connectivity index (χ0n) is 18.7. The predicted molar refractivity (Wildman–Crippen MR) is 123 cm³/mol. The van der Waals surface area contributed by atoms with E-state index in [4.69, 9.17) is 4.74 Å². The number of fused-ring (bicyclic) bond motifs is 1. The highest BCUT2D eigenvalue weighted by atomic mass is 32.2. The van der Waals surface area contributed by atoms with E-state index >= 15 is 0 Å². The number of sulfonamides is 1. The Hall–Kier alpha value is -3.69. The fourth-order valence-corrected chi connectivity index (χ4v) is 4.60. The number of hydrogen-bond donors (Lipinski definition) is 1. The van der Waals surface area contributed by atoms with Crippen LogP contribution in [0.2, 0.25) is 0 Å². The van der Waals surface area contributed by atoms with Gasteiger partial charge in [-0.2, -0.15) is 23.2 Å². The molecule has 1 aliphatic carbocycles. The number of hydrogen-bond acceptors (Lipinski definition) is 6. The molecule has 0 aromatic carbocycles. The molecule has 0 amide bonds. The lowest BCUT2D eigenvalue weighted by Gasteiger charge is -2.17. The summed E-state index contributed by atoms with van der Waals surface area (Å²) in [4.78, 5) is 8.22. The molecule has 8 nitrogen and oxygen atoms in total. The summed E-state index contributed by atoms with van der Waals surface area (Å²) in [6.07, 6.45) is 4.01. The van der Waals surface area contributed by atoms with Gasteiger partial charge in [0.05, 0.1) is 29.8 Å². The van der Waals surface area contributed by atoms with Gasteiger partial charge in [-0.15, -0.1) is 0 Å². The minimum Gasteiger partial charge on any atom is -0.492 e. The quantitative estimate of drug-likeness (QED) is 0.488. The van der Waals surface area contributed by atoms with Gasteiger partial charge in [-0.3, -0.25) is 9.55 Å². The Morgan fingerprint density at radius 2 is 2.00 bits per heavy atom. The summed E-state index contributed by atoms with van der Waals surface area (Å²) >= 11 is 0. The van der Waals surface area contributed by atoms with E-state index in [1.165, 1.54) is 6.07 Å². The molecule has 1 aliphatic rings. The first-order valence-corrected chi connectivity index (χ1v) is 12.1. The number of aromatic nitrogens is 3. The van der Waals surface area contributed by atoms with Crippen molar-refractivity contribution in [2.24, 2.45) is 0 Å². The first kappa shape index (κ1) is 24.4. The Balaban J connectivity index is 1.80. The lowest BCUT2D eigenvalue weighted by molar-refractivity contribution is -0.147. The normalized spacial score (nSPS) is 14.3. The fourth-order valence-electron chi connectivity index (χ4n) is 3.43. The molecule has 0 aliphatic heterocycles. The molecule has 0 saturated heterocycles. The summed E-state index contributed by atoms with van der Waals surface area (Å²) in [5, 5.41) is 10.5. The number of nitrogens with one attached hydrogen (secondary N) is 1. The molecule has 3 heterocycles. The topological polar surface area (TPSA) is 110 Å². The van der Waals surface area contributed by atoms with Crippen molar-refractivity contribution >= 4 is 26.8 Å². The smallest absolute Gasteiger partial charge is 0.404 e. The van der Waals surface area contributed by atoms with E-state index in [1.54, 1.807) is 21.6 Å². The van der Waals surface area contributed by atoms with E-state index in [-0.39, 0.29) is 11.3 Å². The molecule has 1 N–H and O–H groups in total. The van der Waals surface area contributed by atoms with Crippen LogP contribution in [0.25, 0.3) is 28.1 Å². The van der Waals surface area contributed by atoms with Crippen molar-refractivity contribution in [2.45, 2.75) is 37.4 Å². The largest absolute Gasteiger partial charge is 0.492 e. The molecule has 182 valence electrons. The van der Waals surface area contributed by atoms with Crippen molar-refractivity contribution in [2.75, 3.05) is 6.61 Å². The van der Waals surface area contributed by atoms with E-state index in [1.807, 2.05) is 25.2 Å². The molecule has 0 saturated carbocycles. The zero-order chi connectivity index (χ0) is 25.4. The number of alkyl halides is 3. The van der Waals surface area contributed by atoms with Gasteiger partial charge < -0.3 is 4.74 Å². The Kier molecular flexibility index (Phi) is 6.40. The Bertz CT molecular complexity index is 1480. The number of allylic oxidation sites excluding steroid dienone is 4. The molecule has 0 fully saturated rings. The average molecular weight is 504 g/mol. The Morgan fingerprint density at radius 1 is 1.26 bits per heavy atom. The van der Waals surface area contributed by atoms with Gasteiger partial charge in [0, 0.05) is 17.3 Å². The highest BCUT2D eigenvalue weighted by Crippen LogP contribution is 2.37. The van der Waals surface area contributed by atoms with E-state index < -0.39 is 27.1 Å². The van der Waals surface area contributed by atoms with E-state index in [0.717, 1.165) is 24.4 Å². The second kappa shape index (κ2) is 9.16. The van der Waals surface area contributed by atoms with Crippen LogP contribution in [-0.4, -0.2) is 41.8 Å². The third-order valence-electron chi connectivity index (χ3n) is 5.27. The maximum atomic E-state index is 12.8. The van der Waals surface area contributed by atoms with Gasteiger partial charge in [0.25, 0.3) is 0 Å². The lowest BCUT2D eigenvalue weighted by Crippen LogP contribution is -2.42. The summed E-state index contributed by atoms with van der Waals surface area (Å²) < 4.78 is 72.2. The monoisotopic (exact) mass is 503 g/mol. The van der Waals surface area contributed by atoms with Crippen molar-refractivity contribution in [1.82, 2.24) is 19.3 Å². The highest BCUT2D eigenvalue weighted by molar-refractivity contribution is 7.89. The van der Waals surface area contributed by atoms with Crippen LogP contribution < -0.4 is 9.46 Å². The molecule has 3 aromatic rings. The van der Waals surface area contributed by atoms with Crippen LogP contribution in [0.1, 0.15) is 25.8 Å². The predicted octanol–water partition coefficient (Wildman–Crippen LogP) is 4.40. The third-order valence-corrected chi connectivity index (χ3v) is 6.80. The first-order valence-electron chi connectivity index (χ1n) is 10.6. The van der Waals surface area contributed by atoms with Crippen molar-refractivity contribution in [3.63, 3.8) is 0 Å². The van der Waals surface area contributed by atoms with Crippen LogP contribution in [0.3, 0.4) is 0 Å².